The number of pyridine rings is 1. The van der Waals surface area contributed by atoms with Crippen LogP contribution in [0.4, 0.5) is 4.79 Å². The number of hydrogen-bond acceptors (Lipinski definition) is 4. The number of carbonyl (C=O) groups excluding carboxylic acids is 2. The van der Waals surface area contributed by atoms with E-state index in [1.807, 2.05) is 49.1 Å². The van der Waals surface area contributed by atoms with Crippen LogP contribution in [-0.4, -0.2) is 44.6 Å². The summed E-state index contributed by atoms with van der Waals surface area (Å²) in [5, 5.41) is 4.12. The van der Waals surface area contributed by atoms with Crippen LogP contribution >= 0.6 is 0 Å². The highest BCUT2D eigenvalue weighted by Crippen LogP contribution is 2.44. The standard InChI is InChI=1S/C25H28N4O3/c1-25(2)22(16-6-4-3-5-7-16)29(24(31)32-25)19-10-8-18(9-11-19)27-23(30)20-14-17-12-13-26-15-21(17)28-20/h3-7,12-15,18-19,22,28H,8-11H2,1-2H3,(H,27,30)/t18?,19?,22-/m0/s1. The first kappa shape index (κ1) is 20.5. The zero-order chi connectivity index (χ0) is 22.3. The molecule has 5 rings (SSSR count). The average molecular weight is 433 g/mol. The zero-order valence-corrected chi connectivity index (χ0v) is 18.4. The summed E-state index contributed by atoms with van der Waals surface area (Å²) in [6.07, 6.45) is 6.49. The highest BCUT2D eigenvalue weighted by molar-refractivity contribution is 5.97. The first-order valence-corrected chi connectivity index (χ1v) is 11.2. The van der Waals surface area contributed by atoms with Gasteiger partial charge in [-0.25, -0.2) is 4.79 Å². The van der Waals surface area contributed by atoms with E-state index in [4.69, 9.17) is 4.74 Å². The maximum absolute atomic E-state index is 12.8. The van der Waals surface area contributed by atoms with Crippen LogP contribution < -0.4 is 5.32 Å². The number of nitrogens with one attached hydrogen (secondary N) is 2. The van der Waals surface area contributed by atoms with E-state index in [0.717, 1.165) is 42.1 Å². The molecular weight excluding hydrogens is 404 g/mol. The Kier molecular flexibility index (Phi) is 5.12. The topological polar surface area (TPSA) is 87.3 Å². The molecule has 1 atom stereocenters. The number of H-pyrrole nitrogens is 1. The van der Waals surface area contributed by atoms with Crippen LogP contribution in [0, 0.1) is 0 Å². The molecule has 2 aliphatic rings. The van der Waals surface area contributed by atoms with E-state index < -0.39 is 5.60 Å². The molecule has 166 valence electrons. The zero-order valence-electron chi connectivity index (χ0n) is 18.4. The molecule has 0 unspecified atom stereocenters. The number of benzene rings is 1. The average Bonchev–Trinajstić information content (AvgIpc) is 3.32. The summed E-state index contributed by atoms with van der Waals surface area (Å²) in [5.74, 6) is -0.103. The molecular formula is C25H28N4O3. The van der Waals surface area contributed by atoms with E-state index in [1.54, 1.807) is 12.4 Å². The predicted octanol–water partition coefficient (Wildman–Crippen LogP) is 4.58. The molecule has 2 fully saturated rings. The molecule has 32 heavy (non-hydrogen) atoms. The number of amides is 2. The number of ether oxygens (including phenoxy) is 1. The molecule has 1 aliphatic heterocycles. The molecule has 1 saturated heterocycles. The summed E-state index contributed by atoms with van der Waals surface area (Å²) >= 11 is 0. The van der Waals surface area contributed by atoms with E-state index in [1.165, 1.54) is 0 Å². The number of rotatable bonds is 4. The minimum Gasteiger partial charge on any atom is -0.441 e. The van der Waals surface area contributed by atoms with Crippen LogP contribution in [0.5, 0.6) is 0 Å². The predicted molar refractivity (Wildman–Crippen MR) is 121 cm³/mol. The molecule has 1 aromatic carbocycles. The number of aromatic nitrogens is 2. The molecule has 3 heterocycles. The SMILES string of the molecule is CC1(C)OC(=O)N(C2CCC(NC(=O)c3cc4ccncc4[nH]3)CC2)[C@H]1c1ccccc1. The van der Waals surface area contributed by atoms with Crippen molar-refractivity contribution in [3.63, 3.8) is 0 Å². The van der Waals surface area contributed by atoms with E-state index in [0.29, 0.717) is 5.69 Å². The molecule has 0 radical (unpaired) electrons. The van der Waals surface area contributed by atoms with Gasteiger partial charge in [0.25, 0.3) is 5.91 Å². The fourth-order valence-electron chi connectivity index (χ4n) is 5.19. The van der Waals surface area contributed by atoms with Gasteiger partial charge in [-0.1, -0.05) is 30.3 Å². The fraction of sp³-hybridized carbons (Fsp3) is 0.400. The van der Waals surface area contributed by atoms with Crippen molar-refractivity contribution >= 4 is 22.9 Å². The van der Waals surface area contributed by atoms with Crippen molar-refractivity contribution in [3.8, 4) is 0 Å². The molecule has 2 amide bonds. The summed E-state index contributed by atoms with van der Waals surface area (Å²) in [7, 11) is 0. The molecule has 0 spiro atoms. The highest BCUT2D eigenvalue weighted by Gasteiger charge is 2.51. The number of fused-ring (bicyclic) bond motifs is 1. The lowest BCUT2D eigenvalue weighted by Gasteiger charge is -2.38. The van der Waals surface area contributed by atoms with Crippen molar-refractivity contribution in [2.75, 3.05) is 0 Å². The number of carbonyl (C=O) groups is 2. The summed E-state index contributed by atoms with van der Waals surface area (Å²) in [6.45, 7) is 3.95. The minimum atomic E-state index is -0.589. The minimum absolute atomic E-state index is 0.0881. The lowest BCUT2D eigenvalue weighted by molar-refractivity contribution is 0.0663. The van der Waals surface area contributed by atoms with Crippen LogP contribution in [0.2, 0.25) is 0 Å². The third-order valence-electron chi connectivity index (χ3n) is 6.71. The second-order valence-corrected chi connectivity index (χ2v) is 9.32. The van der Waals surface area contributed by atoms with Crippen molar-refractivity contribution in [1.29, 1.82) is 0 Å². The summed E-state index contributed by atoms with van der Waals surface area (Å²) in [4.78, 5) is 34.7. The van der Waals surface area contributed by atoms with E-state index in [-0.39, 0.29) is 30.1 Å². The van der Waals surface area contributed by atoms with Crippen molar-refractivity contribution in [3.05, 3.63) is 66.1 Å². The maximum atomic E-state index is 12.8. The van der Waals surface area contributed by atoms with Crippen LogP contribution in [-0.2, 0) is 4.74 Å². The van der Waals surface area contributed by atoms with Gasteiger partial charge in [-0.3, -0.25) is 14.7 Å². The molecule has 1 aliphatic carbocycles. The Balaban J connectivity index is 1.25. The smallest absolute Gasteiger partial charge is 0.411 e. The second-order valence-electron chi connectivity index (χ2n) is 9.32. The van der Waals surface area contributed by atoms with Gasteiger partial charge in [-0.05, 0) is 57.2 Å². The third kappa shape index (κ3) is 3.72. The van der Waals surface area contributed by atoms with Crippen LogP contribution in [0.25, 0.3) is 10.9 Å². The summed E-state index contributed by atoms with van der Waals surface area (Å²) < 4.78 is 5.77. The van der Waals surface area contributed by atoms with E-state index in [2.05, 4.69) is 27.4 Å². The van der Waals surface area contributed by atoms with Crippen LogP contribution in [0.1, 0.15) is 61.6 Å². The van der Waals surface area contributed by atoms with E-state index >= 15 is 0 Å². The van der Waals surface area contributed by atoms with Gasteiger partial charge in [-0.2, -0.15) is 0 Å². The Labute approximate surface area is 187 Å². The first-order valence-electron chi connectivity index (χ1n) is 11.2. The lowest BCUT2D eigenvalue weighted by Crippen LogP contribution is -2.46. The van der Waals surface area contributed by atoms with Crippen molar-refractivity contribution in [2.24, 2.45) is 0 Å². The Morgan fingerprint density at radius 2 is 1.91 bits per heavy atom. The fourth-order valence-corrected chi connectivity index (χ4v) is 5.19. The van der Waals surface area contributed by atoms with Gasteiger partial charge in [0.1, 0.15) is 11.3 Å². The molecule has 2 N–H and O–H groups in total. The summed E-state index contributed by atoms with van der Waals surface area (Å²) in [5.41, 5.74) is 1.90. The molecule has 7 heteroatoms. The number of hydrogen-bond donors (Lipinski definition) is 2. The second kappa shape index (κ2) is 7.97. The van der Waals surface area contributed by atoms with Gasteiger partial charge in [0.2, 0.25) is 0 Å². The number of aromatic amines is 1. The van der Waals surface area contributed by atoms with Gasteiger partial charge < -0.3 is 15.0 Å². The Hall–Kier alpha value is -3.35. The Morgan fingerprint density at radius 3 is 2.62 bits per heavy atom. The van der Waals surface area contributed by atoms with Gasteiger partial charge in [0, 0.05) is 23.7 Å². The van der Waals surface area contributed by atoms with Crippen molar-refractivity contribution in [2.45, 2.75) is 63.3 Å². The normalized spacial score (nSPS) is 25.0. The largest absolute Gasteiger partial charge is 0.441 e. The molecule has 3 aromatic rings. The lowest BCUT2D eigenvalue weighted by atomic mass is 9.86. The number of nitrogens with zero attached hydrogens (tertiary/aromatic N) is 2. The third-order valence-corrected chi connectivity index (χ3v) is 6.71. The van der Waals surface area contributed by atoms with Crippen molar-refractivity contribution in [1.82, 2.24) is 20.2 Å². The van der Waals surface area contributed by atoms with Crippen molar-refractivity contribution < 1.29 is 14.3 Å². The quantitative estimate of drug-likeness (QED) is 0.632. The van der Waals surface area contributed by atoms with E-state index in [9.17, 15) is 9.59 Å². The molecule has 2 aromatic heterocycles. The molecule has 0 bridgehead atoms. The van der Waals surface area contributed by atoms with Gasteiger partial charge in [0.05, 0.1) is 17.8 Å². The van der Waals surface area contributed by atoms with Gasteiger partial charge >= 0.3 is 6.09 Å². The Morgan fingerprint density at radius 1 is 1.16 bits per heavy atom. The monoisotopic (exact) mass is 432 g/mol. The van der Waals surface area contributed by atoms with Gasteiger partial charge in [0.15, 0.2) is 0 Å². The molecule has 7 nitrogen and oxygen atoms in total. The maximum Gasteiger partial charge on any atom is 0.411 e. The van der Waals surface area contributed by atoms with Crippen LogP contribution in [0.15, 0.2) is 54.9 Å². The first-order chi connectivity index (χ1) is 15.4. The Bertz CT molecular complexity index is 1100. The number of cyclic esters (lactones) is 1. The summed E-state index contributed by atoms with van der Waals surface area (Å²) in [6, 6.07) is 13.9. The van der Waals surface area contributed by atoms with Gasteiger partial charge in [-0.15, -0.1) is 0 Å². The highest BCUT2D eigenvalue weighted by atomic mass is 16.6. The molecule has 1 saturated carbocycles. The van der Waals surface area contributed by atoms with Crippen LogP contribution in [0.3, 0.4) is 0 Å².